The molecule has 0 saturated carbocycles. The normalized spacial score (nSPS) is 12.3. The number of nitrogens with zero attached hydrogens (tertiary/aromatic N) is 2. The van der Waals surface area contributed by atoms with Gasteiger partial charge in [0.25, 0.3) is 0 Å². The number of fused-ring (bicyclic) bond motifs is 2. The highest BCUT2D eigenvalue weighted by Crippen LogP contribution is 2.41. The fraction of sp³-hybridized carbons (Fsp3) is 0.133. The molecule has 6 heteroatoms. The second-order valence-corrected chi connectivity index (χ2v) is 9.02. The van der Waals surface area contributed by atoms with Crippen LogP contribution in [0.1, 0.15) is 29.7 Å². The Morgan fingerprint density at radius 1 is 0.917 bits per heavy atom. The van der Waals surface area contributed by atoms with Gasteiger partial charge >= 0.3 is 0 Å². The van der Waals surface area contributed by atoms with Crippen molar-refractivity contribution in [3.05, 3.63) is 95.6 Å². The lowest BCUT2D eigenvalue weighted by Gasteiger charge is -2.19. The third kappa shape index (κ3) is 3.67. The van der Waals surface area contributed by atoms with Crippen molar-refractivity contribution >= 4 is 21.9 Å². The smallest absolute Gasteiger partial charge is 0.207 e. The largest absolute Gasteiger partial charge is 0.494 e. The second kappa shape index (κ2) is 8.57. The first-order valence-corrected chi connectivity index (χ1v) is 11.9. The summed E-state index contributed by atoms with van der Waals surface area (Å²) in [4.78, 5) is 5.06. The first-order valence-electron chi connectivity index (χ1n) is 11.9. The van der Waals surface area contributed by atoms with E-state index in [9.17, 15) is 5.11 Å². The molecule has 0 saturated heterocycles. The van der Waals surface area contributed by atoms with Gasteiger partial charge in [-0.3, -0.25) is 0 Å². The van der Waals surface area contributed by atoms with Gasteiger partial charge in [0.2, 0.25) is 5.88 Å². The van der Waals surface area contributed by atoms with Crippen molar-refractivity contribution < 1.29 is 14.3 Å². The van der Waals surface area contributed by atoms with Crippen molar-refractivity contribution in [2.75, 3.05) is 0 Å². The summed E-state index contributed by atoms with van der Waals surface area (Å²) in [5.74, 6) is 1.40. The number of aromatic hydroxyl groups is 1. The molecule has 3 aromatic heterocycles. The number of pyridine rings is 1. The van der Waals surface area contributed by atoms with Crippen LogP contribution in [-0.2, 0) is 0 Å². The number of nitrogens with one attached hydrogen (secondary N) is 1. The highest BCUT2D eigenvalue weighted by atomic mass is 16.5. The fourth-order valence-corrected chi connectivity index (χ4v) is 4.71. The zero-order chi connectivity index (χ0) is 24.8. The lowest BCUT2D eigenvalue weighted by molar-refractivity contribution is 0.230. The number of aromatic nitrogens is 3. The molecule has 178 valence electrons. The van der Waals surface area contributed by atoms with Crippen molar-refractivity contribution in [2.45, 2.75) is 26.9 Å². The van der Waals surface area contributed by atoms with E-state index < -0.39 is 0 Å². The van der Waals surface area contributed by atoms with Gasteiger partial charge in [0.05, 0.1) is 16.6 Å². The summed E-state index contributed by atoms with van der Waals surface area (Å²) in [6.45, 7) is 6.10. The summed E-state index contributed by atoms with van der Waals surface area (Å²) in [5.41, 5.74) is 6.80. The van der Waals surface area contributed by atoms with Gasteiger partial charge in [0.15, 0.2) is 5.76 Å². The Morgan fingerprint density at radius 3 is 2.44 bits per heavy atom. The molecule has 1 atom stereocenters. The number of aromatic amines is 1. The minimum absolute atomic E-state index is 0.01000. The predicted molar refractivity (Wildman–Crippen MR) is 141 cm³/mol. The number of benzene rings is 3. The van der Waals surface area contributed by atoms with E-state index in [1.54, 1.807) is 6.07 Å². The molecule has 0 bridgehead atoms. The summed E-state index contributed by atoms with van der Waals surface area (Å²) in [6, 6.07) is 25.6. The maximum Gasteiger partial charge on any atom is 0.207 e. The Labute approximate surface area is 208 Å². The van der Waals surface area contributed by atoms with Crippen molar-refractivity contribution in [1.29, 1.82) is 0 Å². The van der Waals surface area contributed by atoms with Gasteiger partial charge in [-0.05, 0) is 50.1 Å². The van der Waals surface area contributed by atoms with Gasteiger partial charge in [0, 0.05) is 22.6 Å². The number of hydrogen-bond acceptors (Lipinski definition) is 5. The molecule has 0 aliphatic carbocycles. The molecule has 3 aromatic carbocycles. The first kappa shape index (κ1) is 21.9. The fourth-order valence-electron chi connectivity index (χ4n) is 4.71. The molecule has 0 radical (unpaired) electrons. The van der Waals surface area contributed by atoms with Crippen LogP contribution >= 0.6 is 0 Å². The summed E-state index contributed by atoms with van der Waals surface area (Å²) in [6.07, 6.45) is -0.171. The molecular weight excluding hydrogens is 450 g/mol. The van der Waals surface area contributed by atoms with Crippen LogP contribution in [0.3, 0.4) is 0 Å². The second-order valence-electron chi connectivity index (χ2n) is 9.02. The Bertz CT molecular complexity index is 1720. The lowest BCUT2D eigenvalue weighted by Crippen LogP contribution is -2.04. The highest BCUT2D eigenvalue weighted by Gasteiger charge is 2.21. The van der Waals surface area contributed by atoms with Gasteiger partial charge in [0.1, 0.15) is 23.1 Å². The third-order valence-corrected chi connectivity index (χ3v) is 6.61. The maximum atomic E-state index is 10.0. The Morgan fingerprint density at radius 2 is 1.69 bits per heavy atom. The van der Waals surface area contributed by atoms with Gasteiger partial charge in [-0.15, -0.1) is 0 Å². The summed E-state index contributed by atoms with van der Waals surface area (Å²) < 4.78 is 12.7. The Hall–Kier alpha value is -4.58. The molecule has 0 amide bonds. The maximum absolute atomic E-state index is 10.0. The van der Waals surface area contributed by atoms with E-state index in [0.29, 0.717) is 22.9 Å². The number of aryl methyl sites for hydroxylation is 2. The number of para-hydroxylation sites is 1. The molecule has 0 fully saturated rings. The van der Waals surface area contributed by atoms with E-state index >= 15 is 0 Å². The van der Waals surface area contributed by atoms with Gasteiger partial charge in [-0.1, -0.05) is 54.6 Å². The average molecular weight is 476 g/mol. The summed E-state index contributed by atoms with van der Waals surface area (Å²) >= 11 is 0. The molecule has 6 nitrogen and oxygen atoms in total. The minimum Gasteiger partial charge on any atom is -0.494 e. The topological polar surface area (TPSA) is 84.2 Å². The SMILES string of the molecule is Cc1c(-c2cc(-c3cc(O)[nH]n3)c3c(O[C@H](C)c4ccccc4)ccc(C)c3n2)oc2ccccc12. The Kier molecular flexibility index (Phi) is 5.22. The van der Waals surface area contributed by atoms with Crippen molar-refractivity contribution in [1.82, 2.24) is 15.2 Å². The minimum atomic E-state index is -0.171. The van der Waals surface area contributed by atoms with Gasteiger partial charge in [-0.25, -0.2) is 10.1 Å². The molecule has 3 heterocycles. The zero-order valence-electron chi connectivity index (χ0n) is 20.2. The number of H-pyrrole nitrogens is 1. The monoisotopic (exact) mass is 475 g/mol. The molecule has 0 unspecified atom stereocenters. The number of furan rings is 1. The predicted octanol–water partition coefficient (Wildman–Crippen LogP) is 7.50. The quantitative estimate of drug-likeness (QED) is 0.270. The zero-order valence-corrected chi connectivity index (χ0v) is 20.2. The van der Waals surface area contributed by atoms with E-state index in [2.05, 4.69) is 22.3 Å². The number of hydrogen-bond donors (Lipinski definition) is 2. The lowest BCUT2D eigenvalue weighted by atomic mass is 9.99. The van der Waals surface area contributed by atoms with E-state index in [4.69, 9.17) is 14.1 Å². The first-order chi connectivity index (χ1) is 17.5. The van der Waals surface area contributed by atoms with Crippen molar-refractivity contribution in [2.24, 2.45) is 0 Å². The molecule has 2 N–H and O–H groups in total. The van der Waals surface area contributed by atoms with E-state index in [0.717, 1.165) is 44.1 Å². The summed E-state index contributed by atoms with van der Waals surface area (Å²) in [5, 5.41) is 18.9. The highest BCUT2D eigenvalue weighted by molar-refractivity contribution is 6.02. The van der Waals surface area contributed by atoms with Crippen LogP contribution in [0, 0.1) is 13.8 Å². The van der Waals surface area contributed by atoms with E-state index in [-0.39, 0.29) is 12.0 Å². The number of rotatable bonds is 5. The van der Waals surface area contributed by atoms with Crippen LogP contribution in [-0.4, -0.2) is 20.3 Å². The van der Waals surface area contributed by atoms with E-state index in [1.807, 2.05) is 81.4 Å². The molecule has 36 heavy (non-hydrogen) atoms. The molecule has 6 rings (SSSR count). The van der Waals surface area contributed by atoms with Crippen LogP contribution in [0.15, 0.2) is 83.3 Å². The van der Waals surface area contributed by atoms with Crippen LogP contribution in [0.4, 0.5) is 0 Å². The molecule has 0 aliphatic heterocycles. The average Bonchev–Trinajstić information content (AvgIpc) is 3.49. The van der Waals surface area contributed by atoms with Gasteiger partial charge in [-0.2, -0.15) is 5.10 Å². The van der Waals surface area contributed by atoms with Crippen LogP contribution in [0.2, 0.25) is 0 Å². The van der Waals surface area contributed by atoms with Crippen molar-refractivity contribution in [3.8, 4) is 34.3 Å². The summed E-state index contributed by atoms with van der Waals surface area (Å²) in [7, 11) is 0. The molecule has 0 aliphatic rings. The number of ether oxygens (including phenoxy) is 1. The molecular formula is C30H25N3O3. The van der Waals surface area contributed by atoms with Crippen molar-refractivity contribution in [3.63, 3.8) is 0 Å². The Balaban J connectivity index is 1.59. The van der Waals surface area contributed by atoms with Crippen LogP contribution in [0.25, 0.3) is 44.6 Å². The third-order valence-electron chi connectivity index (χ3n) is 6.61. The van der Waals surface area contributed by atoms with Gasteiger partial charge < -0.3 is 14.3 Å². The molecule has 0 spiro atoms. The van der Waals surface area contributed by atoms with Crippen LogP contribution < -0.4 is 4.74 Å². The standard InChI is InChI=1S/C30H25N3O3/c1-17-13-14-26(35-19(3)20-9-5-4-6-10-20)28-22(23-16-27(34)33-32-23)15-24(31-29(17)28)30-18(2)21-11-7-8-12-25(21)36-30/h4-16,19H,1-3H3,(H2,32,33,34)/t19-/m1/s1. The molecule has 6 aromatic rings. The van der Waals surface area contributed by atoms with Crippen LogP contribution in [0.5, 0.6) is 11.6 Å². The van der Waals surface area contributed by atoms with E-state index in [1.165, 1.54) is 0 Å².